The van der Waals surface area contributed by atoms with Gasteiger partial charge >= 0.3 is 0 Å². The third kappa shape index (κ3) is 6.09. The Balaban J connectivity index is 1.92. The first-order chi connectivity index (χ1) is 15.7. The molecule has 0 bridgehead atoms. The van der Waals surface area contributed by atoms with Crippen LogP contribution in [0.15, 0.2) is 76.7 Å². The van der Waals surface area contributed by atoms with E-state index in [4.69, 9.17) is 16.3 Å². The smallest absolute Gasteiger partial charge is 0.264 e. The molecule has 0 saturated carbocycles. The van der Waals surface area contributed by atoms with Gasteiger partial charge in [-0.1, -0.05) is 41.4 Å². The molecule has 0 aliphatic heterocycles. The topological polar surface area (TPSA) is 88.1 Å². The number of rotatable bonds is 8. The van der Waals surface area contributed by atoms with E-state index in [0.717, 1.165) is 9.87 Å². The molecule has 0 radical (unpaired) electrons. The maximum Gasteiger partial charge on any atom is 0.264 e. The van der Waals surface area contributed by atoms with Gasteiger partial charge < -0.3 is 4.74 Å². The van der Waals surface area contributed by atoms with E-state index in [1.54, 1.807) is 18.2 Å². The van der Waals surface area contributed by atoms with E-state index in [0.29, 0.717) is 5.56 Å². The first-order valence-corrected chi connectivity index (χ1v) is 11.5. The largest absolute Gasteiger partial charge is 0.495 e. The summed E-state index contributed by atoms with van der Waals surface area (Å²) in [5.74, 6) is -0.882. The van der Waals surface area contributed by atoms with Crippen LogP contribution in [-0.2, 0) is 14.8 Å². The summed E-state index contributed by atoms with van der Waals surface area (Å²) in [6.07, 6.45) is 1.32. The van der Waals surface area contributed by atoms with E-state index in [9.17, 15) is 17.6 Å². The number of carbonyl (C=O) groups excluding carboxylic acids is 1. The zero-order valence-corrected chi connectivity index (χ0v) is 19.4. The number of hydrogen-bond donors (Lipinski definition) is 1. The molecule has 0 unspecified atom stereocenters. The lowest BCUT2D eigenvalue weighted by atomic mass is 10.2. The molecular weight excluding hydrogens is 469 g/mol. The average Bonchev–Trinajstić information content (AvgIpc) is 2.79. The van der Waals surface area contributed by atoms with E-state index in [2.05, 4.69) is 10.5 Å². The van der Waals surface area contributed by atoms with Gasteiger partial charge in [0.1, 0.15) is 18.1 Å². The highest BCUT2D eigenvalue weighted by Crippen LogP contribution is 2.34. The number of aryl methyl sites for hydroxylation is 1. The highest BCUT2D eigenvalue weighted by Gasteiger charge is 2.29. The van der Waals surface area contributed by atoms with Crippen molar-refractivity contribution < 1.29 is 22.3 Å². The number of carbonyl (C=O) groups is 1. The molecule has 0 fully saturated rings. The highest BCUT2D eigenvalue weighted by molar-refractivity contribution is 7.92. The van der Waals surface area contributed by atoms with Gasteiger partial charge in [0, 0.05) is 5.02 Å². The Morgan fingerprint density at radius 2 is 1.79 bits per heavy atom. The van der Waals surface area contributed by atoms with Crippen LogP contribution in [0, 0.1) is 12.7 Å². The van der Waals surface area contributed by atoms with Crippen LogP contribution in [0.1, 0.15) is 11.1 Å². The van der Waals surface area contributed by atoms with Crippen molar-refractivity contribution in [2.75, 3.05) is 18.0 Å². The van der Waals surface area contributed by atoms with Gasteiger partial charge in [0.25, 0.3) is 15.9 Å². The Morgan fingerprint density at radius 3 is 2.42 bits per heavy atom. The Labute approximate surface area is 196 Å². The van der Waals surface area contributed by atoms with Crippen LogP contribution < -0.4 is 14.5 Å². The van der Waals surface area contributed by atoms with Gasteiger partial charge in [0.2, 0.25) is 0 Å². The van der Waals surface area contributed by atoms with Crippen LogP contribution in [0.3, 0.4) is 0 Å². The van der Waals surface area contributed by atoms with Gasteiger partial charge in [-0.25, -0.2) is 18.2 Å². The molecule has 1 amide bonds. The summed E-state index contributed by atoms with van der Waals surface area (Å²) in [7, 11) is -2.77. The fourth-order valence-corrected chi connectivity index (χ4v) is 4.48. The predicted octanol–water partition coefficient (Wildman–Crippen LogP) is 4.14. The number of amides is 1. The number of hydrogen-bond acceptors (Lipinski definition) is 5. The maximum atomic E-state index is 13.5. The van der Waals surface area contributed by atoms with Crippen molar-refractivity contribution >= 4 is 39.4 Å². The molecule has 0 aliphatic carbocycles. The molecule has 0 atom stereocenters. The van der Waals surface area contributed by atoms with E-state index in [-0.39, 0.29) is 21.4 Å². The molecular formula is C23H21ClFN3O4S. The molecule has 1 N–H and O–H groups in total. The minimum absolute atomic E-state index is 0.00209. The fraction of sp³-hybridized carbons (Fsp3) is 0.130. The molecule has 172 valence electrons. The van der Waals surface area contributed by atoms with Gasteiger partial charge in [-0.3, -0.25) is 9.10 Å². The second-order valence-electron chi connectivity index (χ2n) is 6.99. The summed E-state index contributed by atoms with van der Waals surface area (Å²) in [4.78, 5) is 12.6. The molecule has 10 heteroatoms. The van der Waals surface area contributed by atoms with E-state index in [1.165, 1.54) is 61.9 Å². The molecule has 3 rings (SSSR count). The van der Waals surface area contributed by atoms with E-state index < -0.39 is 28.3 Å². The summed E-state index contributed by atoms with van der Waals surface area (Å²) in [6.45, 7) is 1.24. The summed E-state index contributed by atoms with van der Waals surface area (Å²) in [6, 6.07) is 16.2. The van der Waals surface area contributed by atoms with Gasteiger partial charge in [0.15, 0.2) is 0 Å². The Bertz CT molecular complexity index is 1260. The van der Waals surface area contributed by atoms with Crippen LogP contribution in [0.4, 0.5) is 10.1 Å². The number of methoxy groups -OCH3 is 1. The first kappa shape index (κ1) is 24.2. The lowest BCUT2D eigenvalue weighted by Crippen LogP contribution is -2.39. The van der Waals surface area contributed by atoms with Crippen molar-refractivity contribution in [1.29, 1.82) is 0 Å². The SMILES string of the molecule is COc1ccc(Cl)cc1N(CC(=O)N/N=C\c1ccc(F)cc1)S(=O)(=O)c1ccc(C)cc1. The van der Waals surface area contributed by atoms with Crippen molar-refractivity contribution in [3.05, 3.63) is 88.7 Å². The lowest BCUT2D eigenvalue weighted by Gasteiger charge is -2.25. The molecule has 33 heavy (non-hydrogen) atoms. The lowest BCUT2D eigenvalue weighted by molar-refractivity contribution is -0.119. The molecule has 0 aromatic heterocycles. The third-order valence-corrected chi connectivity index (χ3v) is 6.59. The second-order valence-corrected chi connectivity index (χ2v) is 9.28. The van der Waals surface area contributed by atoms with E-state index >= 15 is 0 Å². The van der Waals surface area contributed by atoms with Crippen LogP contribution in [0.2, 0.25) is 5.02 Å². The number of ether oxygens (including phenoxy) is 1. The maximum absolute atomic E-state index is 13.5. The number of benzene rings is 3. The van der Waals surface area contributed by atoms with Crippen LogP contribution in [0.5, 0.6) is 5.75 Å². The van der Waals surface area contributed by atoms with Gasteiger partial charge in [0.05, 0.1) is 23.9 Å². The molecule has 0 heterocycles. The number of nitrogens with zero attached hydrogens (tertiary/aromatic N) is 2. The fourth-order valence-electron chi connectivity index (χ4n) is 2.89. The Kier molecular flexibility index (Phi) is 7.67. The summed E-state index contributed by atoms with van der Waals surface area (Å²) in [5, 5.41) is 4.09. The van der Waals surface area contributed by atoms with Crippen molar-refractivity contribution in [2.45, 2.75) is 11.8 Å². The molecule has 0 spiro atoms. The number of sulfonamides is 1. The number of hydrazone groups is 1. The quantitative estimate of drug-likeness (QED) is 0.380. The highest BCUT2D eigenvalue weighted by atomic mass is 35.5. The van der Waals surface area contributed by atoms with Crippen LogP contribution >= 0.6 is 11.6 Å². The normalized spacial score (nSPS) is 11.4. The predicted molar refractivity (Wildman–Crippen MR) is 126 cm³/mol. The van der Waals surface area contributed by atoms with Crippen molar-refractivity contribution in [2.24, 2.45) is 5.10 Å². The van der Waals surface area contributed by atoms with Crippen LogP contribution in [-0.4, -0.2) is 34.2 Å². The van der Waals surface area contributed by atoms with Gasteiger partial charge in [-0.15, -0.1) is 0 Å². The summed E-state index contributed by atoms with van der Waals surface area (Å²) in [5.41, 5.74) is 3.82. The molecule has 3 aromatic carbocycles. The molecule has 3 aromatic rings. The van der Waals surface area contributed by atoms with Gasteiger partial charge in [-0.05, 0) is 55.0 Å². The van der Waals surface area contributed by atoms with Crippen molar-refractivity contribution in [1.82, 2.24) is 5.43 Å². The summed E-state index contributed by atoms with van der Waals surface area (Å²) >= 11 is 6.11. The van der Waals surface area contributed by atoms with Crippen LogP contribution in [0.25, 0.3) is 0 Å². The van der Waals surface area contributed by atoms with Crippen molar-refractivity contribution in [3.8, 4) is 5.75 Å². The standard InChI is InChI=1S/C23H21ClFN3O4S/c1-16-3-10-20(11-4-16)33(30,31)28(21-13-18(24)7-12-22(21)32-2)15-23(29)27-26-14-17-5-8-19(25)9-6-17/h3-14H,15H2,1-2H3,(H,27,29)/b26-14-. The first-order valence-electron chi connectivity index (χ1n) is 9.71. The zero-order valence-electron chi connectivity index (χ0n) is 17.8. The summed E-state index contributed by atoms with van der Waals surface area (Å²) < 4.78 is 46.1. The second kappa shape index (κ2) is 10.5. The Morgan fingerprint density at radius 1 is 1.12 bits per heavy atom. The number of anilines is 1. The minimum atomic E-state index is -4.16. The minimum Gasteiger partial charge on any atom is -0.495 e. The molecule has 0 aliphatic rings. The number of halogens is 2. The van der Waals surface area contributed by atoms with E-state index in [1.807, 2.05) is 6.92 Å². The zero-order chi connectivity index (χ0) is 24.0. The van der Waals surface area contributed by atoms with Crippen molar-refractivity contribution in [3.63, 3.8) is 0 Å². The average molecular weight is 490 g/mol. The Hall–Kier alpha value is -3.43. The monoisotopic (exact) mass is 489 g/mol. The molecule has 7 nitrogen and oxygen atoms in total. The third-order valence-electron chi connectivity index (χ3n) is 4.58. The number of nitrogens with one attached hydrogen (secondary N) is 1. The molecule has 0 saturated heterocycles. The van der Waals surface area contributed by atoms with Gasteiger partial charge in [-0.2, -0.15) is 5.10 Å².